The average molecular weight is 308 g/mol. The van der Waals surface area contributed by atoms with Gasteiger partial charge in [0.1, 0.15) is 0 Å². The second kappa shape index (κ2) is 4.92. The number of fused-ring (bicyclic) bond motifs is 1. The Hall–Kier alpha value is -0.640. The summed E-state index contributed by atoms with van der Waals surface area (Å²) >= 11 is 5.40. The van der Waals surface area contributed by atoms with Gasteiger partial charge in [-0.15, -0.1) is 0 Å². The van der Waals surface area contributed by atoms with E-state index in [0.29, 0.717) is 6.04 Å². The Balaban J connectivity index is 1.73. The van der Waals surface area contributed by atoms with Gasteiger partial charge in [0.15, 0.2) is 0 Å². The first-order valence-electron chi connectivity index (χ1n) is 5.86. The highest BCUT2D eigenvalue weighted by atomic mass is 79.9. The van der Waals surface area contributed by atoms with E-state index in [0.717, 1.165) is 6.54 Å². The van der Waals surface area contributed by atoms with Gasteiger partial charge in [0.2, 0.25) is 0 Å². The van der Waals surface area contributed by atoms with Crippen molar-refractivity contribution in [1.82, 2.24) is 5.32 Å². The van der Waals surface area contributed by atoms with Crippen LogP contribution in [0.2, 0.25) is 0 Å². The number of benzene rings is 1. The molecule has 0 spiro atoms. The van der Waals surface area contributed by atoms with Crippen molar-refractivity contribution in [1.29, 1.82) is 0 Å². The van der Waals surface area contributed by atoms with Crippen LogP contribution in [0.5, 0.6) is 0 Å². The molecule has 1 aromatic heterocycles. The summed E-state index contributed by atoms with van der Waals surface area (Å²) in [7, 11) is 0. The lowest BCUT2D eigenvalue weighted by atomic mass is 10.1. The largest absolute Gasteiger partial charge is 0.306 e. The molecule has 1 N–H and O–H groups in total. The van der Waals surface area contributed by atoms with E-state index in [1.54, 1.807) is 11.3 Å². The number of halogens is 1. The maximum atomic E-state index is 3.65. The van der Waals surface area contributed by atoms with E-state index in [1.807, 2.05) is 0 Å². The van der Waals surface area contributed by atoms with E-state index >= 15 is 0 Å². The Morgan fingerprint density at radius 2 is 2.29 bits per heavy atom. The Labute approximate surface area is 114 Å². The number of rotatable bonds is 3. The summed E-state index contributed by atoms with van der Waals surface area (Å²) in [5.74, 6) is 0. The van der Waals surface area contributed by atoms with Crippen LogP contribution in [-0.4, -0.2) is 0 Å². The molecule has 2 aromatic rings. The predicted molar refractivity (Wildman–Crippen MR) is 76.4 cm³/mol. The molecule has 0 bridgehead atoms. The van der Waals surface area contributed by atoms with Crippen LogP contribution in [0, 0.1) is 0 Å². The molecule has 1 atom stereocenters. The van der Waals surface area contributed by atoms with Gasteiger partial charge in [-0.2, -0.15) is 11.3 Å². The van der Waals surface area contributed by atoms with Gasteiger partial charge in [0, 0.05) is 17.1 Å². The molecule has 1 nitrogen and oxygen atoms in total. The summed E-state index contributed by atoms with van der Waals surface area (Å²) in [6, 6.07) is 9.22. The highest BCUT2D eigenvalue weighted by molar-refractivity contribution is 9.10. The summed E-state index contributed by atoms with van der Waals surface area (Å²) in [6.45, 7) is 0.972. The van der Waals surface area contributed by atoms with E-state index < -0.39 is 0 Å². The number of thiophene rings is 1. The van der Waals surface area contributed by atoms with Crippen molar-refractivity contribution in [2.24, 2.45) is 0 Å². The second-order valence-corrected chi connectivity index (χ2v) is 6.05. The summed E-state index contributed by atoms with van der Waals surface area (Å²) in [4.78, 5) is 0. The van der Waals surface area contributed by atoms with Crippen molar-refractivity contribution in [2.45, 2.75) is 25.4 Å². The zero-order chi connectivity index (χ0) is 11.7. The van der Waals surface area contributed by atoms with Crippen LogP contribution in [-0.2, 0) is 13.0 Å². The molecule has 1 aromatic carbocycles. The lowest BCUT2D eigenvalue weighted by Gasteiger charge is -2.13. The molecule has 0 amide bonds. The number of hydrogen-bond acceptors (Lipinski definition) is 2. The van der Waals surface area contributed by atoms with Crippen molar-refractivity contribution in [3.63, 3.8) is 0 Å². The fourth-order valence-corrected chi connectivity index (χ4v) is 3.70. The smallest absolute Gasteiger partial charge is 0.0329 e. The molecule has 0 saturated carbocycles. The molecule has 1 aliphatic carbocycles. The van der Waals surface area contributed by atoms with Crippen molar-refractivity contribution in [3.05, 3.63) is 56.2 Å². The molecule has 0 aliphatic heterocycles. The van der Waals surface area contributed by atoms with Gasteiger partial charge in [0.05, 0.1) is 0 Å². The Morgan fingerprint density at radius 3 is 3.12 bits per heavy atom. The minimum Gasteiger partial charge on any atom is -0.306 e. The van der Waals surface area contributed by atoms with E-state index in [9.17, 15) is 0 Å². The van der Waals surface area contributed by atoms with Gasteiger partial charge in [-0.25, -0.2) is 0 Å². The fourth-order valence-electron chi connectivity index (χ4n) is 2.46. The second-order valence-electron chi connectivity index (χ2n) is 4.41. The summed E-state index contributed by atoms with van der Waals surface area (Å²) in [6.07, 6.45) is 2.39. The lowest BCUT2D eigenvalue weighted by Crippen LogP contribution is -2.18. The van der Waals surface area contributed by atoms with Crippen molar-refractivity contribution in [3.8, 4) is 0 Å². The standard InChI is InChI=1S/C14H14BrNS/c15-13-3-1-2-12-11(13)4-5-14(12)16-8-10-6-7-17-9-10/h1-3,6-7,9,14,16H,4-5,8H2. The van der Waals surface area contributed by atoms with E-state index in [2.05, 4.69) is 56.3 Å². The highest BCUT2D eigenvalue weighted by Crippen LogP contribution is 2.35. The van der Waals surface area contributed by atoms with Crippen LogP contribution >= 0.6 is 27.3 Å². The summed E-state index contributed by atoms with van der Waals surface area (Å²) in [5, 5.41) is 8.00. The van der Waals surface area contributed by atoms with Gasteiger partial charge in [-0.05, 0) is 52.4 Å². The molecule has 1 aliphatic rings. The molecule has 0 fully saturated rings. The van der Waals surface area contributed by atoms with Crippen molar-refractivity contribution >= 4 is 27.3 Å². The average Bonchev–Trinajstić information content (AvgIpc) is 2.95. The normalized spacial score (nSPS) is 18.3. The monoisotopic (exact) mass is 307 g/mol. The quantitative estimate of drug-likeness (QED) is 0.892. The van der Waals surface area contributed by atoms with Gasteiger partial charge < -0.3 is 5.32 Å². The van der Waals surface area contributed by atoms with Crippen LogP contribution in [0.25, 0.3) is 0 Å². The minimum absolute atomic E-state index is 0.516. The third-order valence-electron chi connectivity index (χ3n) is 3.35. The Morgan fingerprint density at radius 1 is 1.35 bits per heavy atom. The first kappa shape index (κ1) is 11.5. The third kappa shape index (κ3) is 2.32. The minimum atomic E-state index is 0.516. The predicted octanol–water partition coefficient (Wildman–Crippen LogP) is 4.29. The van der Waals surface area contributed by atoms with Crippen molar-refractivity contribution in [2.75, 3.05) is 0 Å². The molecule has 3 heteroatoms. The first-order chi connectivity index (χ1) is 8.34. The van der Waals surface area contributed by atoms with E-state index in [-0.39, 0.29) is 0 Å². The molecule has 1 heterocycles. The third-order valence-corrected chi connectivity index (χ3v) is 4.82. The van der Waals surface area contributed by atoms with Gasteiger partial charge >= 0.3 is 0 Å². The number of nitrogens with one attached hydrogen (secondary N) is 1. The highest BCUT2D eigenvalue weighted by Gasteiger charge is 2.23. The molecular formula is C14H14BrNS. The van der Waals surface area contributed by atoms with E-state index in [4.69, 9.17) is 0 Å². The molecule has 17 heavy (non-hydrogen) atoms. The SMILES string of the molecule is Brc1cccc2c1CCC2NCc1ccsc1. The molecular weight excluding hydrogens is 294 g/mol. The van der Waals surface area contributed by atoms with Crippen LogP contribution < -0.4 is 5.32 Å². The van der Waals surface area contributed by atoms with E-state index in [1.165, 1.54) is 34.0 Å². The van der Waals surface area contributed by atoms with Crippen LogP contribution in [0.15, 0.2) is 39.5 Å². The molecule has 88 valence electrons. The van der Waals surface area contributed by atoms with Crippen LogP contribution in [0.4, 0.5) is 0 Å². The van der Waals surface area contributed by atoms with Crippen molar-refractivity contribution < 1.29 is 0 Å². The molecule has 0 saturated heterocycles. The zero-order valence-electron chi connectivity index (χ0n) is 9.45. The summed E-state index contributed by atoms with van der Waals surface area (Å²) < 4.78 is 1.26. The lowest BCUT2D eigenvalue weighted by molar-refractivity contribution is 0.531. The molecule has 3 rings (SSSR count). The number of hydrogen-bond donors (Lipinski definition) is 1. The topological polar surface area (TPSA) is 12.0 Å². The maximum Gasteiger partial charge on any atom is 0.0329 e. The first-order valence-corrected chi connectivity index (χ1v) is 7.60. The van der Waals surface area contributed by atoms with Gasteiger partial charge in [-0.3, -0.25) is 0 Å². The molecule has 1 unspecified atom stereocenters. The Bertz CT molecular complexity index is 507. The zero-order valence-corrected chi connectivity index (χ0v) is 11.9. The van der Waals surface area contributed by atoms with Gasteiger partial charge in [0.25, 0.3) is 0 Å². The Kier molecular flexibility index (Phi) is 3.32. The maximum absolute atomic E-state index is 3.65. The molecule has 0 radical (unpaired) electrons. The summed E-state index contributed by atoms with van der Waals surface area (Å²) in [5.41, 5.74) is 4.34. The van der Waals surface area contributed by atoms with Crippen LogP contribution in [0.3, 0.4) is 0 Å². The fraction of sp³-hybridized carbons (Fsp3) is 0.286. The van der Waals surface area contributed by atoms with Crippen LogP contribution in [0.1, 0.15) is 29.2 Å². The van der Waals surface area contributed by atoms with Gasteiger partial charge in [-0.1, -0.05) is 28.1 Å².